The van der Waals surface area contributed by atoms with Crippen LogP contribution < -0.4 is 20.5 Å². The summed E-state index contributed by atoms with van der Waals surface area (Å²) in [5.41, 5.74) is 9.43. The number of benzene rings is 2. The highest BCUT2D eigenvalue weighted by Crippen LogP contribution is 2.26. The number of hydrogen-bond donors (Lipinski definition) is 2. The third-order valence-corrected chi connectivity index (χ3v) is 3.68. The number of rotatable bonds is 6. The van der Waals surface area contributed by atoms with E-state index in [-0.39, 0.29) is 18.3 Å². The molecule has 0 fully saturated rings. The van der Waals surface area contributed by atoms with Gasteiger partial charge in [0.15, 0.2) is 5.96 Å². The summed E-state index contributed by atoms with van der Waals surface area (Å²) in [6.07, 6.45) is 0. The Morgan fingerprint density at radius 3 is 2.56 bits per heavy atom. The maximum absolute atomic E-state index is 12.5. The van der Waals surface area contributed by atoms with Gasteiger partial charge in [0.25, 0.3) is 0 Å². The second kappa shape index (κ2) is 8.32. The number of alkyl halides is 2. The lowest BCUT2D eigenvalue weighted by atomic mass is 10.1. The van der Waals surface area contributed by atoms with E-state index in [0.29, 0.717) is 11.3 Å². The standard InChI is InChI=1S/C18H21F2N3O2/c1-11-4-5-14(8-12(11)2)23-18(21)22-10-13-9-15(24-3)6-7-16(13)25-17(19)20/h4-9,17H,10H2,1-3H3,(H3,21,22,23). The summed E-state index contributed by atoms with van der Waals surface area (Å²) in [5, 5.41) is 2.98. The van der Waals surface area contributed by atoms with Gasteiger partial charge in [0.1, 0.15) is 11.5 Å². The van der Waals surface area contributed by atoms with E-state index in [2.05, 4.69) is 15.0 Å². The quantitative estimate of drug-likeness (QED) is 0.614. The minimum Gasteiger partial charge on any atom is -0.497 e. The Bertz CT molecular complexity index is 764. The molecule has 0 radical (unpaired) electrons. The van der Waals surface area contributed by atoms with Crippen molar-refractivity contribution in [1.82, 2.24) is 0 Å². The van der Waals surface area contributed by atoms with Crippen LogP contribution in [0.5, 0.6) is 11.5 Å². The molecule has 2 aromatic carbocycles. The van der Waals surface area contributed by atoms with Gasteiger partial charge in [-0.1, -0.05) is 6.07 Å². The van der Waals surface area contributed by atoms with Gasteiger partial charge >= 0.3 is 6.61 Å². The van der Waals surface area contributed by atoms with Gasteiger partial charge < -0.3 is 20.5 Å². The summed E-state index contributed by atoms with van der Waals surface area (Å²) in [6.45, 7) is 1.17. The SMILES string of the molecule is COc1ccc(OC(F)F)c(CN=C(N)Nc2ccc(C)c(C)c2)c1. The van der Waals surface area contributed by atoms with Gasteiger partial charge in [0.05, 0.1) is 13.7 Å². The van der Waals surface area contributed by atoms with E-state index in [1.165, 1.54) is 18.7 Å². The van der Waals surface area contributed by atoms with E-state index >= 15 is 0 Å². The first-order valence-corrected chi connectivity index (χ1v) is 7.65. The van der Waals surface area contributed by atoms with E-state index in [0.717, 1.165) is 11.3 Å². The van der Waals surface area contributed by atoms with Crippen LogP contribution in [0, 0.1) is 13.8 Å². The van der Waals surface area contributed by atoms with Gasteiger partial charge in [-0.2, -0.15) is 8.78 Å². The first kappa shape index (κ1) is 18.5. The molecule has 2 aromatic rings. The molecule has 0 aliphatic rings. The molecule has 0 aromatic heterocycles. The molecule has 0 unspecified atom stereocenters. The number of ether oxygens (including phenoxy) is 2. The van der Waals surface area contributed by atoms with Crippen molar-refractivity contribution in [2.75, 3.05) is 12.4 Å². The Morgan fingerprint density at radius 2 is 1.92 bits per heavy atom. The zero-order valence-corrected chi connectivity index (χ0v) is 14.3. The normalized spacial score (nSPS) is 11.5. The molecule has 3 N–H and O–H groups in total. The molecule has 134 valence electrons. The van der Waals surface area contributed by atoms with Crippen LogP contribution in [0.2, 0.25) is 0 Å². The smallest absolute Gasteiger partial charge is 0.387 e. The molecular weight excluding hydrogens is 328 g/mol. The molecule has 0 saturated carbocycles. The van der Waals surface area contributed by atoms with E-state index in [1.807, 2.05) is 32.0 Å². The van der Waals surface area contributed by atoms with Crippen LogP contribution in [0.4, 0.5) is 14.5 Å². The van der Waals surface area contributed by atoms with Gasteiger partial charge in [0, 0.05) is 11.3 Å². The van der Waals surface area contributed by atoms with Crippen LogP contribution >= 0.6 is 0 Å². The number of guanidine groups is 1. The lowest BCUT2D eigenvalue weighted by Gasteiger charge is -2.12. The third kappa shape index (κ3) is 5.34. The van der Waals surface area contributed by atoms with Crippen molar-refractivity contribution in [1.29, 1.82) is 0 Å². The Hall–Kier alpha value is -2.83. The molecule has 0 heterocycles. The van der Waals surface area contributed by atoms with Crippen molar-refractivity contribution in [3.8, 4) is 11.5 Å². The zero-order valence-electron chi connectivity index (χ0n) is 14.3. The summed E-state index contributed by atoms with van der Waals surface area (Å²) in [5.74, 6) is 0.736. The van der Waals surface area contributed by atoms with Gasteiger partial charge in [-0.05, 0) is 55.3 Å². The Morgan fingerprint density at radius 1 is 1.16 bits per heavy atom. The number of nitrogens with two attached hydrogens (primary N) is 1. The molecule has 0 atom stereocenters. The fourth-order valence-corrected chi connectivity index (χ4v) is 2.19. The van der Waals surface area contributed by atoms with Gasteiger partial charge in [-0.3, -0.25) is 0 Å². The summed E-state index contributed by atoms with van der Waals surface area (Å²) in [4.78, 5) is 4.19. The number of aryl methyl sites for hydroxylation is 2. The predicted octanol–water partition coefficient (Wildman–Crippen LogP) is 3.84. The van der Waals surface area contributed by atoms with Gasteiger partial charge in [-0.15, -0.1) is 0 Å². The molecule has 0 amide bonds. The number of nitrogens with zero attached hydrogens (tertiary/aromatic N) is 1. The molecule has 5 nitrogen and oxygen atoms in total. The molecule has 0 aliphatic carbocycles. The average molecular weight is 349 g/mol. The Kier molecular flexibility index (Phi) is 6.16. The lowest BCUT2D eigenvalue weighted by Crippen LogP contribution is -2.22. The van der Waals surface area contributed by atoms with E-state index in [4.69, 9.17) is 10.5 Å². The highest BCUT2D eigenvalue weighted by molar-refractivity contribution is 5.92. The molecule has 0 aliphatic heterocycles. The molecule has 0 bridgehead atoms. The van der Waals surface area contributed by atoms with Crippen molar-refractivity contribution in [2.45, 2.75) is 27.0 Å². The molecule has 2 rings (SSSR count). The number of nitrogens with one attached hydrogen (secondary N) is 1. The van der Waals surface area contributed by atoms with Crippen molar-refractivity contribution >= 4 is 11.6 Å². The Labute approximate surface area is 145 Å². The molecule has 0 saturated heterocycles. The zero-order chi connectivity index (χ0) is 18.4. The molecule has 0 spiro atoms. The number of methoxy groups -OCH3 is 1. The first-order valence-electron chi connectivity index (χ1n) is 7.65. The molecular formula is C18H21F2N3O2. The maximum Gasteiger partial charge on any atom is 0.387 e. The number of hydrogen-bond acceptors (Lipinski definition) is 3. The minimum atomic E-state index is -2.91. The van der Waals surface area contributed by atoms with Crippen LogP contribution in [-0.4, -0.2) is 19.7 Å². The van der Waals surface area contributed by atoms with E-state index in [9.17, 15) is 8.78 Å². The maximum atomic E-state index is 12.5. The molecule has 25 heavy (non-hydrogen) atoms. The fourth-order valence-electron chi connectivity index (χ4n) is 2.19. The Balaban J connectivity index is 2.14. The van der Waals surface area contributed by atoms with Crippen LogP contribution in [-0.2, 0) is 6.54 Å². The monoisotopic (exact) mass is 349 g/mol. The highest BCUT2D eigenvalue weighted by Gasteiger charge is 2.11. The average Bonchev–Trinajstić information content (AvgIpc) is 2.57. The lowest BCUT2D eigenvalue weighted by molar-refractivity contribution is -0.0504. The van der Waals surface area contributed by atoms with Crippen molar-refractivity contribution in [3.63, 3.8) is 0 Å². The first-order chi connectivity index (χ1) is 11.9. The summed E-state index contributed by atoms with van der Waals surface area (Å²) >= 11 is 0. The van der Waals surface area contributed by atoms with Crippen LogP contribution in [0.1, 0.15) is 16.7 Å². The fraction of sp³-hybridized carbons (Fsp3) is 0.278. The largest absolute Gasteiger partial charge is 0.497 e. The van der Waals surface area contributed by atoms with E-state index in [1.54, 1.807) is 12.1 Å². The van der Waals surface area contributed by atoms with Crippen molar-refractivity contribution < 1.29 is 18.3 Å². The number of halogens is 2. The second-order valence-electron chi connectivity index (χ2n) is 5.48. The van der Waals surface area contributed by atoms with Crippen LogP contribution in [0.25, 0.3) is 0 Å². The summed E-state index contributed by atoms with van der Waals surface area (Å²) in [6, 6.07) is 10.4. The summed E-state index contributed by atoms with van der Waals surface area (Å²) in [7, 11) is 1.49. The van der Waals surface area contributed by atoms with E-state index < -0.39 is 6.61 Å². The van der Waals surface area contributed by atoms with Gasteiger partial charge in [0.2, 0.25) is 0 Å². The number of aliphatic imine (C=N–C) groups is 1. The second-order valence-corrected chi connectivity index (χ2v) is 5.48. The highest BCUT2D eigenvalue weighted by atomic mass is 19.3. The predicted molar refractivity (Wildman–Crippen MR) is 94.5 cm³/mol. The summed E-state index contributed by atoms with van der Waals surface area (Å²) < 4.78 is 34.6. The number of anilines is 1. The van der Waals surface area contributed by atoms with Crippen LogP contribution in [0.3, 0.4) is 0 Å². The van der Waals surface area contributed by atoms with Gasteiger partial charge in [-0.25, -0.2) is 4.99 Å². The van der Waals surface area contributed by atoms with Crippen molar-refractivity contribution in [3.05, 3.63) is 53.1 Å². The third-order valence-electron chi connectivity index (χ3n) is 3.68. The van der Waals surface area contributed by atoms with Crippen LogP contribution in [0.15, 0.2) is 41.4 Å². The van der Waals surface area contributed by atoms with Crippen molar-refractivity contribution in [2.24, 2.45) is 10.7 Å². The molecule has 7 heteroatoms. The topological polar surface area (TPSA) is 68.9 Å². The minimum absolute atomic E-state index is 0.0403.